The van der Waals surface area contributed by atoms with Crippen molar-refractivity contribution in [2.75, 3.05) is 0 Å². The summed E-state index contributed by atoms with van der Waals surface area (Å²) in [7, 11) is 0. The molecule has 0 atom stereocenters. The number of nitrogens with one attached hydrogen (secondary N) is 1. The predicted molar refractivity (Wildman–Crippen MR) is 90.0 cm³/mol. The average molecular weight is 346 g/mol. The van der Waals surface area contributed by atoms with E-state index in [0.29, 0.717) is 22.4 Å². The molecule has 0 aliphatic heterocycles. The van der Waals surface area contributed by atoms with Crippen LogP contribution in [0.25, 0.3) is 22.7 Å². The second-order valence-corrected chi connectivity index (χ2v) is 5.94. The molecule has 3 rings (SSSR count). The van der Waals surface area contributed by atoms with Gasteiger partial charge in [0.2, 0.25) is 5.89 Å². The van der Waals surface area contributed by atoms with Gasteiger partial charge in [-0.25, -0.2) is 4.98 Å². The zero-order valence-corrected chi connectivity index (χ0v) is 14.0. The number of benzene rings is 1. The molecule has 0 amide bonds. The van der Waals surface area contributed by atoms with Crippen LogP contribution in [-0.2, 0) is 11.2 Å². The zero-order chi connectivity index (χ0) is 17.3. The molecule has 124 valence electrons. The minimum atomic E-state index is -0.884. The van der Waals surface area contributed by atoms with Gasteiger partial charge in [-0.2, -0.15) is 5.10 Å². The topological polar surface area (TPSA) is 92.0 Å². The lowest BCUT2D eigenvalue weighted by molar-refractivity contribution is -0.137. The minimum Gasteiger partial charge on any atom is -0.481 e. The van der Waals surface area contributed by atoms with Gasteiger partial charge in [0.15, 0.2) is 0 Å². The molecule has 2 N–H and O–H groups in total. The lowest BCUT2D eigenvalue weighted by Gasteiger charge is -2.00. The highest BCUT2D eigenvalue weighted by molar-refractivity contribution is 6.30. The highest BCUT2D eigenvalue weighted by Gasteiger charge is 2.20. The number of hydrogen-bond acceptors (Lipinski definition) is 4. The molecule has 0 saturated heterocycles. The van der Waals surface area contributed by atoms with Crippen LogP contribution in [-0.4, -0.2) is 26.3 Å². The maximum absolute atomic E-state index is 10.9. The summed E-state index contributed by atoms with van der Waals surface area (Å²) in [6.45, 7) is 3.75. The van der Waals surface area contributed by atoms with Crippen molar-refractivity contribution >= 4 is 17.6 Å². The van der Waals surface area contributed by atoms with Gasteiger partial charge in [-0.1, -0.05) is 23.7 Å². The molecule has 0 radical (unpaired) electrons. The van der Waals surface area contributed by atoms with Crippen LogP contribution in [0.4, 0.5) is 0 Å². The molecule has 6 nitrogen and oxygen atoms in total. The molecule has 1 aromatic carbocycles. The minimum absolute atomic E-state index is 0.0292. The van der Waals surface area contributed by atoms with Crippen molar-refractivity contribution < 1.29 is 14.3 Å². The van der Waals surface area contributed by atoms with Crippen molar-refractivity contribution in [1.29, 1.82) is 0 Å². The van der Waals surface area contributed by atoms with E-state index in [9.17, 15) is 4.79 Å². The molecule has 2 heterocycles. The van der Waals surface area contributed by atoms with Gasteiger partial charge in [0.1, 0.15) is 11.5 Å². The Kier molecular flexibility index (Phi) is 4.40. The van der Waals surface area contributed by atoms with Crippen LogP contribution in [0.5, 0.6) is 0 Å². The summed E-state index contributed by atoms with van der Waals surface area (Å²) < 4.78 is 5.89. The number of halogens is 1. The second-order valence-electron chi connectivity index (χ2n) is 5.50. The van der Waals surface area contributed by atoms with Gasteiger partial charge >= 0.3 is 5.97 Å². The lowest BCUT2D eigenvalue weighted by Crippen LogP contribution is -1.97. The molecule has 0 bridgehead atoms. The molecule has 0 spiro atoms. The van der Waals surface area contributed by atoms with E-state index in [4.69, 9.17) is 21.1 Å². The Hall–Kier alpha value is -2.60. The number of oxazole rings is 1. The van der Waals surface area contributed by atoms with E-state index < -0.39 is 5.97 Å². The number of aryl methyl sites for hydroxylation is 3. The quantitative estimate of drug-likeness (QED) is 0.728. The number of carbonyl (C=O) groups is 1. The van der Waals surface area contributed by atoms with E-state index >= 15 is 0 Å². The first-order valence-electron chi connectivity index (χ1n) is 7.45. The summed E-state index contributed by atoms with van der Waals surface area (Å²) in [6, 6.07) is 7.20. The predicted octanol–water partition coefficient (Wildman–Crippen LogP) is 4.02. The number of H-pyrrole nitrogens is 1. The zero-order valence-electron chi connectivity index (χ0n) is 13.3. The molecular weight excluding hydrogens is 330 g/mol. The molecule has 3 aromatic rings. The van der Waals surface area contributed by atoms with E-state index in [1.165, 1.54) is 0 Å². The van der Waals surface area contributed by atoms with Crippen LogP contribution in [0, 0.1) is 13.8 Å². The van der Waals surface area contributed by atoms with Crippen molar-refractivity contribution in [1.82, 2.24) is 15.2 Å². The van der Waals surface area contributed by atoms with Crippen LogP contribution >= 0.6 is 11.6 Å². The third kappa shape index (κ3) is 3.19. The van der Waals surface area contributed by atoms with Gasteiger partial charge in [-0.15, -0.1) is 0 Å². The van der Waals surface area contributed by atoms with Gasteiger partial charge in [0, 0.05) is 22.7 Å². The largest absolute Gasteiger partial charge is 0.481 e. The van der Waals surface area contributed by atoms with Crippen molar-refractivity contribution in [3.63, 3.8) is 0 Å². The molecular formula is C17H16ClN3O3. The Labute approximate surface area is 143 Å². The van der Waals surface area contributed by atoms with Crippen LogP contribution < -0.4 is 0 Å². The maximum atomic E-state index is 10.9. The molecule has 24 heavy (non-hydrogen) atoms. The van der Waals surface area contributed by atoms with E-state index in [-0.39, 0.29) is 12.8 Å². The summed E-state index contributed by atoms with van der Waals surface area (Å²) in [5, 5.41) is 16.6. The first kappa shape index (κ1) is 16.3. The number of carboxylic acids is 1. The summed E-state index contributed by atoms with van der Waals surface area (Å²) in [4.78, 5) is 15.5. The van der Waals surface area contributed by atoms with Crippen LogP contribution in [0.15, 0.2) is 28.7 Å². The highest BCUT2D eigenvalue weighted by atomic mass is 35.5. The smallest absolute Gasteiger partial charge is 0.303 e. The number of hydrogen-bond donors (Lipinski definition) is 2. The average Bonchev–Trinajstić information content (AvgIpc) is 3.09. The number of carboxylic acid groups (broad SMARTS) is 1. The number of nitrogens with zero attached hydrogens (tertiary/aromatic N) is 2. The number of aliphatic carboxylic acids is 1. The van der Waals surface area contributed by atoms with Crippen molar-refractivity contribution in [3.05, 3.63) is 46.4 Å². The number of aromatic amines is 1. The fourth-order valence-electron chi connectivity index (χ4n) is 2.55. The Morgan fingerprint density at radius 1 is 1.29 bits per heavy atom. The SMILES string of the molecule is Cc1n[nH]c(C)c1-c1nc(-c2ccc(Cl)cc2)c(CCC(=O)O)o1. The van der Waals surface area contributed by atoms with Crippen molar-refractivity contribution in [2.24, 2.45) is 0 Å². The monoisotopic (exact) mass is 345 g/mol. The summed E-state index contributed by atoms with van der Waals surface area (Å²) in [6.07, 6.45) is 0.231. The van der Waals surface area contributed by atoms with Gasteiger partial charge in [0.05, 0.1) is 17.7 Å². The van der Waals surface area contributed by atoms with E-state index in [0.717, 1.165) is 22.5 Å². The van der Waals surface area contributed by atoms with E-state index in [2.05, 4.69) is 15.2 Å². The van der Waals surface area contributed by atoms with E-state index in [1.54, 1.807) is 12.1 Å². The van der Waals surface area contributed by atoms with Gasteiger partial charge in [-0.05, 0) is 26.0 Å². The number of rotatable bonds is 5. The Morgan fingerprint density at radius 2 is 2.00 bits per heavy atom. The fraction of sp³-hybridized carbons (Fsp3) is 0.235. The second kappa shape index (κ2) is 6.49. The van der Waals surface area contributed by atoms with Crippen LogP contribution in [0.1, 0.15) is 23.6 Å². The Morgan fingerprint density at radius 3 is 2.58 bits per heavy atom. The highest BCUT2D eigenvalue weighted by Crippen LogP contribution is 2.32. The van der Waals surface area contributed by atoms with Gasteiger partial charge < -0.3 is 9.52 Å². The summed E-state index contributed by atoms with van der Waals surface area (Å²) in [5.74, 6) is 0.0875. The van der Waals surface area contributed by atoms with Gasteiger partial charge in [0.25, 0.3) is 0 Å². The molecule has 0 unspecified atom stereocenters. The first-order chi connectivity index (χ1) is 11.5. The standard InChI is InChI=1S/C17H16ClN3O3/c1-9-15(10(2)21-20-9)17-19-16(11-3-5-12(18)6-4-11)13(24-17)7-8-14(22)23/h3-6H,7-8H2,1-2H3,(H,20,21)(H,22,23). The fourth-order valence-corrected chi connectivity index (χ4v) is 2.67. The summed E-state index contributed by atoms with van der Waals surface area (Å²) in [5.41, 5.74) is 3.88. The normalized spacial score (nSPS) is 11.0. The Bertz CT molecular complexity index is 862. The van der Waals surface area contributed by atoms with Gasteiger partial charge in [-0.3, -0.25) is 9.89 Å². The third-order valence-corrected chi connectivity index (χ3v) is 3.97. The molecule has 0 aliphatic rings. The molecule has 2 aromatic heterocycles. The van der Waals surface area contributed by atoms with Crippen molar-refractivity contribution in [2.45, 2.75) is 26.7 Å². The molecule has 0 fully saturated rings. The maximum Gasteiger partial charge on any atom is 0.303 e. The third-order valence-electron chi connectivity index (χ3n) is 3.72. The van der Waals surface area contributed by atoms with E-state index in [1.807, 2.05) is 26.0 Å². The number of aromatic nitrogens is 3. The summed E-state index contributed by atoms with van der Waals surface area (Å²) >= 11 is 5.94. The lowest BCUT2D eigenvalue weighted by atomic mass is 10.1. The Balaban J connectivity index is 2.08. The molecule has 0 aliphatic carbocycles. The molecule has 7 heteroatoms. The van der Waals surface area contributed by atoms with Crippen molar-refractivity contribution in [3.8, 4) is 22.7 Å². The van der Waals surface area contributed by atoms with Crippen LogP contribution in [0.3, 0.4) is 0 Å². The first-order valence-corrected chi connectivity index (χ1v) is 7.83. The van der Waals surface area contributed by atoms with Crippen LogP contribution in [0.2, 0.25) is 5.02 Å². The molecule has 0 saturated carbocycles.